The number of nitrogens with zero attached hydrogens (tertiary/aromatic N) is 1. The molecule has 0 unspecified atom stereocenters. The van der Waals surface area contributed by atoms with Crippen LogP contribution in [-0.2, 0) is 13.1 Å². The number of furan rings is 1. The van der Waals surface area contributed by atoms with E-state index in [0.717, 1.165) is 28.3 Å². The van der Waals surface area contributed by atoms with Gasteiger partial charge in [0.15, 0.2) is 11.5 Å². The van der Waals surface area contributed by atoms with Crippen molar-refractivity contribution in [2.24, 2.45) is 0 Å². The lowest BCUT2D eigenvalue weighted by atomic mass is 10.2. The highest BCUT2D eigenvalue weighted by atomic mass is 16.7. The van der Waals surface area contributed by atoms with Crippen molar-refractivity contribution in [2.45, 2.75) is 20.0 Å². The largest absolute Gasteiger partial charge is 0.467 e. The maximum atomic E-state index is 12.9. The van der Waals surface area contributed by atoms with Gasteiger partial charge in [-0.05, 0) is 48.4 Å². The Hall–Kier alpha value is -3.41. The molecule has 138 valence electrons. The second-order valence-corrected chi connectivity index (χ2v) is 6.37. The third-order valence-electron chi connectivity index (χ3n) is 4.41. The van der Waals surface area contributed by atoms with Gasteiger partial charge in [-0.2, -0.15) is 0 Å². The number of benzene rings is 2. The number of carbonyl (C=O) groups is 1. The standard InChI is InChI=1S/C21H20N2O4/c1-15-5-2-3-7-18(15)22-21(24)23(13-17-6-4-10-25-17)12-16-8-9-19-20(11-16)27-14-26-19/h2-11H,12-14H2,1H3,(H,22,24). The molecule has 1 N–H and O–H groups in total. The van der Waals surface area contributed by atoms with Gasteiger partial charge in [0, 0.05) is 12.2 Å². The van der Waals surface area contributed by atoms with E-state index in [4.69, 9.17) is 13.9 Å². The summed E-state index contributed by atoms with van der Waals surface area (Å²) in [5.74, 6) is 2.14. The molecule has 6 nitrogen and oxygen atoms in total. The van der Waals surface area contributed by atoms with E-state index < -0.39 is 0 Å². The van der Waals surface area contributed by atoms with E-state index >= 15 is 0 Å². The third-order valence-corrected chi connectivity index (χ3v) is 4.41. The smallest absolute Gasteiger partial charge is 0.322 e. The van der Waals surface area contributed by atoms with Gasteiger partial charge in [0.2, 0.25) is 6.79 Å². The summed E-state index contributed by atoms with van der Waals surface area (Å²) >= 11 is 0. The molecule has 1 aromatic heterocycles. The molecule has 0 saturated heterocycles. The van der Waals surface area contributed by atoms with Gasteiger partial charge in [-0.1, -0.05) is 24.3 Å². The Labute approximate surface area is 157 Å². The monoisotopic (exact) mass is 364 g/mol. The molecule has 0 atom stereocenters. The first kappa shape index (κ1) is 17.0. The number of ether oxygens (including phenoxy) is 2. The van der Waals surface area contributed by atoms with Crippen LogP contribution in [0, 0.1) is 6.92 Å². The van der Waals surface area contributed by atoms with Crippen molar-refractivity contribution >= 4 is 11.7 Å². The number of fused-ring (bicyclic) bond motifs is 1. The van der Waals surface area contributed by atoms with Gasteiger partial charge in [0.05, 0.1) is 12.8 Å². The molecule has 2 heterocycles. The van der Waals surface area contributed by atoms with Crippen molar-refractivity contribution in [3.05, 3.63) is 77.7 Å². The first-order valence-electron chi connectivity index (χ1n) is 8.71. The predicted octanol–water partition coefficient (Wildman–Crippen LogP) is 4.55. The molecule has 1 aliphatic heterocycles. The van der Waals surface area contributed by atoms with Crippen LogP contribution in [0.15, 0.2) is 65.3 Å². The molecule has 0 aliphatic carbocycles. The van der Waals surface area contributed by atoms with E-state index in [1.165, 1.54) is 0 Å². The maximum Gasteiger partial charge on any atom is 0.322 e. The zero-order valence-electron chi connectivity index (χ0n) is 15.0. The topological polar surface area (TPSA) is 63.9 Å². The van der Waals surface area contributed by atoms with E-state index in [1.54, 1.807) is 11.2 Å². The van der Waals surface area contributed by atoms with Crippen LogP contribution in [0.1, 0.15) is 16.9 Å². The number of carbonyl (C=O) groups excluding carboxylic acids is 1. The van der Waals surface area contributed by atoms with Gasteiger partial charge in [0.25, 0.3) is 0 Å². The molecule has 27 heavy (non-hydrogen) atoms. The molecule has 4 rings (SSSR count). The quantitative estimate of drug-likeness (QED) is 0.721. The van der Waals surface area contributed by atoms with Gasteiger partial charge in [-0.15, -0.1) is 0 Å². The Morgan fingerprint density at radius 1 is 1.04 bits per heavy atom. The summed E-state index contributed by atoms with van der Waals surface area (Å²) in [6.45, 7) is 2.96. The van der Waals surface area contributed by atoms with E-state index in [-0.39, 0.29) is 12.8 Å². The molecule has 0 fully saturated rings. The number of hydrogen-bond acceptors (Lipinski definition) is 4. The van der Waals surface area contributed by atoms with Crippen LogP contribution in [0.5, 0.6) is 11.5 Å². The molecular weight excluding hydrogens is 344 g/mol. The fourth-order valence-corrected chi connectivity index (χ4v) is 2.96. The van der Waals surface area contributed by atoms with E-state index in [1.807, 2.05) is 61.5 Å². The van der Waals surface area contributed by atoms with Crippen LogP contribution >= 0.6 is 0 Å². The lowest BCUT2D eigenvalue weighted by molar-refractivity contribution is 0.174. The molecule has 0 saturated carbocycles. The molecule has 0 spiro atoms. The number of para-hydroxylation sites is 1. The summed E-state index contributed by atoms with van der Waals surface area (Å²) in [5.41, 5.74) is 2.75. The number of nitrogens with one attached hydrogen (secondary N) is 1. The highest BCUT2D eigenvalue weighted by molar-refractivity contribution is 5.90. The molecule has 3 aromatic rings. The minimum Gasteiger partial charge on any atom is -0.467 e. The van der Waals surface area contributed by atoms with Crippen molar-refractivity contribution in [2.75, 3.05) is 12.1 Å². The maximum absolute atomic E-state index is 12.9. The average molecular weight is 364 g/mol. The van der Waals surface area contributed by atoms with Gasteiger partial charge in [-0.25, -0.2) is 4.79 Å². The third kappa shape index (κ3) is 3.89. The first-order valence-corrected chi connectivity index (χ1v) is 8.71. The van der Waals surface area contributed by atoms with Crippen molar-refractivity contribution in [3.63, 3.8) is 0 Å². The summed E-state index contributed by atoms with van der Waals surface area (Å²) in [6.07, 6.45) is 1.60. The molecule has 2 aromatic carbocycles. The normalized spacial score (nSPS) is 12.0. The van der Waals surface area contributed by atoms with Crippen LogP contribution in [-0.4, -0.2) is 17.7 Å². The SMILES string of the molecule is Cc1ccccc1NC(=O)N(Cc1ccc2c(c1)OCO2)Cc1ccco1. The van der Waals surface area contributed by atoms with Gasteiger partial charge in [0.1, 0.15) is 5.76 Å². The number of aryl methyl sites for hydroxylation is 1. The van der Waals surface area contributed by atoms with Crippen molar-refractivity contribution in [3.8, 4) is 11.5 Å². The molecular formula is C21H20N2O4. The van der Waals surface area contributed by atoms with Gasteiger partial charge < -0.3 is 24.1 Å². The van der Waals surface area contributed by atoms with Crippen LogP contribution in [0.2, 0.25) is 0 Å². The fourth-order valence-electron chi connectivity index (χ4n) is 2.96. The van der Waals surface area contributed by atoms with E-state index in [0.29, 0.717) is 18.8 Å². The highest BCUT2D eigenvalue weighted by Crippen LogP contribution is 2.33. The van der Waals surface area contributed by atoms with Crippen LogP contribution in [0.25, 0.3) is 0 Å². The zero-order chi connectivity index (χ0) is 18.6. The Morgan fingerprint density at radius 2 is 1.89 bits per heavy atom. The van der Waals surface area contributed by atoms with E-state index in [2.05, 4.69) is 5.32 Å². The number of anilines is 1. The summed E-state index contributed by atoms with van der Waals surface area (Å²) < 4.78 is 16.2. The summed E-state index contributed by atoms with van der Waals surface area (Å²) in [6, 6.07) is 16.9. The number of amides is 2. The predicted molar refractivity (Wildman–Crippen MR) is 101 cm³/mol. The summed E-state index contributed by atoms with van der Waals surface area (Å²) in [4.78, 5) is 14.6. The molecule has 2 amide bonds. The Kier molecular flexibility index (Phi) is 4.70. The number of hydrogen-bond donors (Lipinski definition) is 1. The van der Waals surface area contributed by atoms with Crippen LogP contribution in [0.4, 0.5) is 10.5 Å². The second kappa shape index (κ2) is 7.45. The van der Waals surface area contributed by atoms with Crippen molar-refractivity contribution in [1.29, 1.82) is 0 Å². The Bertz CT molecular complexity index is 937. The fraction of sp³-hybridized carbons (Fsp3) is 0.190. The average Bonchev–Trinajstić information content (AvgIpc) is 3.34. The number of rotatable bonds is 5. The van der Waals surface area contributed by atoms with Gasteiger partial charge >= 0.3 is 6.03 Å². The van der Waals surface area contributed by atoms with E-state index in [9.17, 15) is 4.79 Å². The number of urea groups is 1. The molecule has 0 bridgehead atoms. The Morgan fingerprint density at radius 3 is 2.70 bits per heavy atom. The first-order chi connectivity index (χ1) is 13.2. The lowest BCUT2D eigenvalue weighted by Crippen LogP contribution is -2.34. The van der Waals surface area contributed by atoms with Crippen molar-refractivity contribution < 1.29 is 18.7 Å². The van der Waals surface area contributed by atoms with Crippen LogP contribution < -0.4 is 14.8 Å². The highest BCUT2D eigenvalue weighted by Gasteiger charge is 2.19. The van der Waals surface area contributed by atoms with Gasteiger partial charge in [-0.3, -0.25) is 0 Å². The molecule has 1 aliphatic rings. The summed E-state index contributed by atoms with van der Waals surface area (Å²) in [5, 5.41) is 2.98. The minimum absolute atomic E-state index is 0.196. The van der Waals surface area contributed by atoms with Crippen LogP contribution in [0.3, 0.4) is 0 Å². The van der Waals surface area contributed by atoms with Crippen molar-refractivity contribution in [1.82, 2.24) is 4.90 Å². The minimum atomic E-state index is -0.196. The Balaban J connectivity index is 1.55. The molecule has 0 radical (unpaired) electrons. The second-order valence-electron chi connectivity index (χ2n) is 6.37. The zero-order valence-corrected chi connectivity index (χ0v) is 15.0. The molecule has 6 heteroatoms. The summed E-state index contributed by atoms with van der Waals surface area (Å²) in [7, 11) is 0. The lowest BCUT2D eigenvalue weighted by Gasteiger charge is -2.23.